The number of carbonyl (C=O) groups excluding carboxylic acids is 1. The molecule has 2 fully saturated rings. The van der Waals surface area contributed by atoms with E-state index < -0.39 is 0 Å². The number of nitrogens with zero attached hydrogens (tertiary/aromatic N) is 3. The number of ether oxygens (including phenoxy) is 1. The third-order valence-electron chi connectivity index (χ3n) is 4.14. The molecule has 0 spiro atoms. The van der Waals surface area contributed by atoms with Gasteiger partial charge >= 0.3 is 0 Å². The Balaban J connectivity index is 1.71. The van der Waals surface area contributed by atoms with Gasteiger partial charge in [0, 0.05) is 25.8 Å². The fraction of sp³-hybridized carbons (Fsp3) is 0.625. The molecule has 1 amide bonds. The van der Waals surface area contributed by atoms with Crippen LogP contribution in [0.5, 0.6) is 0 Å². The van der Waals surface area contributed by atoms with Crippen LogP contribution in [0.1, 0.15) is 19.5 Å². The van der Waals surface area contributed by atoms with Crippen LogP contribution in [0, 0.1) is 5.92 Å². The Labute approximate surface area is 125 Å². The number of hydrogen-bond donors (Lipinski definition) is 0. The van der Waals surface area contributed by atoms with Gasteiger partial charge < -0.3 is 9.64 Å². The van der Waals surface area contributed by atoms with Crippen LogP contribution in [-0.4, -0.2) is 59.1 Å². The summed E-state index contributed by atoms with van der Waals surface area (Å²) in [5.41, 5.74) is 0.939. The van der Waals surface area contributed by atoms with Crippen molar-refractivity contribution < 1.29 is 9.53 Å². The zero-order valence-corrected chi connectivity index (χ0v) is 12.7. The summed E-state index contributed by atoms with van der Waals surface area (Å²) in [6, 6.07) is 5.99. The summed E-state index contributed by atoms with van der Waals surface area (Å²) in [5, 5.41) is 0. The first-order valence-electron chi connectivity index (χ1n) is 7.67. The molecular weight excluding hydrogens is 266 g/mol. The maximum absolute atomic E-state index is 12.2. The molecule has 3 heterocycles. The Kier molecular flexibility index (Phi) is 4.22. The van der Waals surface area contributed by atoms with Crippen molar-refractivity contribution in [3.63, 3.8) is 0 Å². The van der Waals surface area contributed by atoms with Crippen LogP contribution in [0.4, 0.5) is 0 Å². The second-order valence-corrected chi connectivity index (χ2v) is 6.37. The normalized spacial score (nSPS) is 26.4. The van der Waals surface area contributed by atoms with Gasteiger partial charge in [-0.2, -0.15) is 0 Å². The Morgan fingerprint density at radius 3 is 2.95 bits per heavy atom. The average molecular weight is 289 g/mol. The van der Waals surface area contributed by atoms with Crippen LogP contribution < -0.4 is 0 Å². The fourth-order valence-corrected chi connectivity index (χ4v) is 3.28. The number of rotatable bonds is 4. The molecule has 2 unspecified atom stereocenters. The molecule has 2 atom stereocenters. The van der Waals surface area contributed by atoms with Crippen LogP contribution in [0.15, 0.2) is 24.4 Å². The maximum Gasteiger partial charge on any atom is 0.249 e. The molecule has 114 valence electrons. The molecule has 0 N–H and O–H groups in total. The minimum absolute atomic E-state index is 0.0771. The van der Waals surface area contributed by atoms with E-state index in [1.54, 1.807) is 6.20 Å². The van der Waals surface area contributed by atoms with Crippen molar-refractivity contribution in [2.45, 2.75) is 32.5 Å². The molecule has 0 radical (unpaired) electrons. The largest absolute Gasteiger partial charge is 0.365 e. The smallest absolute Gasteiger partial charge is 0.249 e. The SMILES string of the molecule is CC(C)CN1CC2OCC(=O)N(Cc3ccccn3)C2C1. The molecule has 3 rings (SSSR count). The summed E-state index contributed by atoms with van der Waals surface area (Å²) in [5.74, 6) is 0.707. The van der Waals surface area contributed by atoms with E-state index in [1.165, 1.54) is 0 Å². The first-order chi connectivity index (χ1) is 10.1. The van der Waals surface area contributed by atoms with Gasteiger partial charge in [-0.1, -0.05) is 19.9 Å². The lowest BCUT2D eigenvalue weighted by molar-refractivity contribution is -0.154. The molecular formula is C16H23N3O2. The minimum Gasteiger partial charge on any atom is -0.365 e. The van der Waals surface area contributed by atoms with Crippen molar-refractivity contribution in [3.8, 4) is 0 Å². The van der Waals surface area contributed by atoms with Gasteiger partial charge in [0.05, 0.1) is 24.4 Å². The summed E-state index contributed by atoms with van der Waals surface area (Å²) >= 11 is 0. The van der Waals surface area contributed by atoms with E-state index in [-0.39, 0.29) is 24.7 Å². The predicted molar refractivity (Wildman–Crippen MR) is 79.6 cm³/mol. The third-order valence-corrected chi connectivity index (χ3v) is 4.14. The van der Waals surface area contributed by atoms with Gasteiger partial charge in [0.15, 0.2) is 0 Å². The number of hydrogen-bond acceptors (Lipinski definition) is 4. The fourth-order valence-electron chi connectivity index (χ4n) is 3.28. The van der Waals surface area contributed by atoms with Gasteiger partial charge in [0.1, 0.15) is 6.61 Å². The molecule has 2 aliphatic rings. The van der Waals surface area contributed by atoms with Crippen molar-refractivity contribution in [2.75, 3.05) is 26.2 Å². The number of likely N-dealkylation sites (tertiary alicyclic amines) is 1. The van der Waals surface area contributed by atoms with Crippen LogP contribution in [0.25, 0.3) is 0 Å². The van der Waals surface area contributed by atoms with E-state index in [4.69, 9.17) is 4.74 Å². The van der Waals surface area contributed by atoms with Crippen LogP contribution in [-0.2, 0) is 16.1 Å². The zero-order chi connectivity index (χ0) is 14.8. The molecule has 0 saturated carbocycles. The molecule has 21 heavy (non-hydrogen) atoms. The van der Waals surface area contributed by atoms with Crippen molar-refractivity contribution in [2.24, 2.45) is 5.92 Å². The van der Waals surface area contributed by atoms with Crippen LogP contribution in [0.3, 0.4) is 0 Å². The van der Waals surface area contributed by atoms with Crippen LogP contribution >= 0.6 is 0 Å². The molecule has 0 aromatic carbocycles. The number of morpholine rings is 1. The number of pyridine rings is 1. The summed E-state index contributed by atoms with van der Waals surface area (Å²) in [7, 11) is 0. The van der Waals surface area contributed by atoms with E-state index in [0.29, 0.717) is 12.5 Å². The van der Waals surface area contributed by atoms with Crippen molar-refractivity contribution in [1.82, 2.24) is 14.8 Å². The van der Waals surface area contributed by atoms with Gasteiger partial charge in [-0.25, -0.2) is 0 Å². The van der Waals surface area contributed by atoms with E-state index in [1.807, 2.05) is 23.1 Å². The van der Waals surface area contributed by atoms with E-state index >= 15 is 0 Å². The summed E-state index contributed by atoms with van der Waals surface area (Å²) in [6.45, 7) is 8.11. The van der Waals surface area contributed by atoms with Gasteiger partial charge in [-0.3, -0.25) is 14.7 Å². The van der Waals surface area contributed by atoms with Gasteiger partial charge in [0.25, 0.3) is 0 Å². The van der Waals surface area contributed by atoms with E-state index in [9.17, 15) is 4.79 Å². The highest BCUT2D eigenvalue weighted by atomic mass is 16.5. The van der Waals surface area contributed by atoms with Crippen molar-refractivity contribution >= 4 is 5.91 Å². The van der Waals surface area contributed by atoms with Crippen molar-refractivity contribution in [3.05, 3.63) is 30.1 Å². The molecule has 0 aliphatic carbocycles. The molecule has 5 nitrogen and oxygen atoms in total. The van der Waals surface area contributed by atoms with Gasteiger partial charge in [0.2, 0.25) is 5.91 Å². The summed E-state index contributed by atoms with van der Waals surface area (Å²) in [4.78, 5) is 20.9. The molecule has 5 heteroatoms. The second-order valence-electron chi connectivity index (χ2n) is 6.37. The minimum atomic E-state index is 0.0771. The summed E-state index contributed by atoms with van der Waals surface area (Å²) < 4.78 is 5.74. The van der Waals surface area contributed by atoms with E-state index in [2.05, 4.69) is 23.7 Å². The number of fused-ring (bicyclic) bond motifs is 1. The lowest BCUT2D eigenvalue weighted by Gasteiger charge is -2.36. The maximum atomic E-state index is 12.2. The molecule has 2 aliphatic heterocycles. The second kappa shape index (κ2) is 6.12. The third kappa shape index (κ3) is 3.24. The standard InChI is InChI=1S/C16H23N3O2/c1-12(2)7-18-9-14-15(10-18)21-11-16(20)19(14)8-13-5-3-4-6-17-13/h3-6,12,14-15H,7-11H2,1-2H3. The zero-order valence-electron chi connectivity index (χ0n) is 12.7. The first kappa shape index (κ1) is 14.5. The molecule has 0 bridgehead atoms. The predicted octanol–water partition coefficient (Wildman–Crippen LogP) is 1.15. The van der Waals surface area contributed by atoms with Crippen molar-refractivity contribution in [1.29, 1.82) is 0 Å². The quantitative estimate of drug-likeness (QED) is 0.834. The monoisotopic (exact) mass is 289 g/mol. The van der Waals surface area contributed by atoms with E-state index in [0.717, 1.165) is 25.3 Å². The Bertz CT molecular complexity index is 492. The topological polar surface area (TPSA) is 45.7 Å². The number of aromatic nitrogens is 1. The molecule has 2 saturated heterocycles. The Morgan fingerprint density at radius 1 is 1.38 bits per heavy atom. The average Bonchev–Trinajstić information content (AvgIpc) is 2.85. The highest BCUT2D eigenvalue weighted by Gasteiger charge is 2.43. The number of carbonyl (C=O) groups is 1. The lowest BCUT2D eigenvalue weighted by Crippen LogP contribution is -2.53. The first-order valence-corrected chi connectivity index (χ1v) is 7.67. The summed E-state index contributed by atoms with van der Waals surface area (Å²) in [6.07, 6.45) is 1.92. The van der Waals surface area contributed by atoms with Gasteiger partial charge in [-0.15, -0.1) is 0 Å². The Hall–Kier alpha value is -1.46. The highest BCUT2D eigenvalue weighted by molar-refractivity contribution is 5.78. The Morgan fingerprint density at radius 2 is 2.24 bits per heavy atom. The van der Waals surface area contributed by atoms with Gasteiger partial charge in [-0.05, 0) is 18.1 Å². The number of amides is 1. The molecule has 1 aromatic heterocycles. The highest BCUT2D eigenvalue weighted by Crippen LogP contribution is 2.25. The van der Waals surface area contributed by atoms with Crippen LogP contribution in [0.2, 0.25) is 0 Å². The lowest BCUT2D eigenvalue weighted by atomic mass is 10.1. The molecule has 1 aromatic rings.